The van der Waals surface area contributed by atoms with E-state index < -0.39 is 28.8 Å². The summed E-state index contributed by atoms with van der Waals surface area (Å²) in [5.74, 6) is -4.88. The molecule has 0 saturated carbocycles. The molecule has 74 valence electrons. The number of aliphatic hydroxyl groups is 1. The smallest absolute Gasteiger partial charge is 0.204 e. The normalized spacial score (nSPS) is 40.6. The van der Waals surface area contributed by atoms with Crippen LogP contribution in [0.5, 0.6) is 0 Å². The summed E-state index contributed by atoms with van der Waals surface area (Å²) < 4.78 is 51.7. The van der Waals surface area contributed by atoms with Gasteiger partial charge in [-0.05, 0) is 19.9 Å². The minimum atomic E-state index is -2.94. The Morgan fingerprint density at radius 3 is 2.15 bits per heavy atom. The van der Waals surface area contributed by atoms with E-state index >= 15 is 0 Å². The van der Waals surface area contributed by atoms with Crippen LogP contribution in [-0.4, -0.2) is 16.4 Å². The largest absolute Gasteiger partial charge is 0.506 e. The van der Waals surface area contributed by atoms with Gasteiger partial charge >= 0.3 is 0 Å². The molecule has 0 heterocycles. The van der Waals surface area contributed by atoms with Crippen LogP contribution in [0.4, 0.5) is 17.6 Å². The van der Waals surface area contributed by atoms with Crippen molar-refractivity contribution >= 4 is 0 Å². The molecule has 0 aromatic heterocycles. The highest BCUT2D eigenvalue weighted by Gasteiger charge is 2.53. The summed E-state index contributed by atoms with van der Waals surface area (Å²) in [7, 11) is 0. The Morgan fingerprint density at radius 2 is 1.69 bits per heavy atom. The molecule has 1 nitrogen and oxygen atoms in total. The van der Waals surface area contributed by atoms with Crippen molar-refractivity contribution < 1.29 is 22.7 Å². The van der Waals surface area contributed by atoms with E-state index in [-0.39, 0.29) is 6.08 Å². The van der Waals surface area contributed by atoms with Crippen LogP contribution in [0.25, 0.3) is 0 Å². The van der Waals surface area contributed by atoms with E-state index in [4.69, 9.17) is 5.11 Å². The monoisotopic (exact) mass is 196 g/mol. The molecule has 1 aliphatic rings. The first-order valence-corrected chi connectivity index (χ1v) is 3.56. The molecule has 5 heteroatoms. The van der Waals surface area contributed by atoms with Gasteiger partial charge in [-0.15, -0.1) is 0 Å². The third-order valence-electron chi connectivity index (χ3n) is 2.18. The summed E-state index contributed by atoms with van der Waals surface area (Å²) in [6.07, 6.45) is 0.169. The molecule has 1 N–H and O–H groups in total. The van der Waals surface area contributed by atoms with Crippen LogP contribution in [-0.2, 0) is 0 Å². The van der Waals surface area contributed by atoms with E-state index in [2.05, 4.69) is 0 Å². The molecule has 0 aliphatic heterocycles. The van der Waals surface area contributed by atoms with E-state index in [9.17, 15) is 17.6 Å². The third kappa shape index (κ3) is 1.22. The maximum atomic E-state index is 13.3. The van der Waals surface area contributed by atoms with Gasteiger partial charge in [-0.1, -0.05) is 0 Å². The number of aliphatic hydroxyl groups excluding tert-OH is 1. The summed E-state index contributed by atoms with van der Waals surface area (Å²) in [4.78, 5) is 0. The third-order valence-corrected chi connectivity index (χ3v) is 2.18. The average Bonchev–Trinajstić information content (AvgIpc) is 1.98. The van der Waals surface area contributed by atoms with Crippen LogP contribution < -0.4 is 0 Å². The molecular formula is C8H8F4O. The lowest BCUT2D eigenvalue weighted by Gasteiger charge is -2.33. The predicted molar refractivity (Wildman–Crippen MR) is 39.0 cm³/mol. The van der Waals surface area contributed by atoms with Crippen LogP contribution in [0.15, 0.2) is 23.5 Å². The number of hydrogen-bond donors (Lipinski definition) is 1. The fraction of sp³-hybridized carbons (Fsp3) is 0.500. The minimum absolute atomic E-state index is 0.169. The summed E-state index contributed by atoms with van der Waals surface area (Å²) in [6, 6.07) is 0. The lowest BCUT2D eigenvalue weighted by molar-refractivity contribution is 0.00892. The van der Waals surface area contributed by atoms with Crippen LogP contribution >= 0.6 is 0 Å². The van der Waals surface area contributed by atoms with Crippen LogP contribution in [0.1, 0.15) is 13.8 Å². The zero-order valence-electron chi connectivity index (χ0n) is 7.04. The zero-order valence-corrected chi connectivity index (χ0v) is 7.04. The summed E-state index contributed by atoms with van der Waals surface area (Å²) in [6.45, 7) is 1.36. The van der Waals surface area contributed by atoms with Gasteiger partial charge in [-0.3, -0.25) is 0 Å². The van der Waals surface area contributed by atoms with Crippen molar-refractivity contribution in [2.45, 2.75) is 25.2 Å². The van der Waals surface area contributed by atoms with Gasteiger partial charge in [0, 0.05) is 0 Å². The van der Waals surface area contributed by atoms with E-state index in [0.29, 0.717) is 6.92 Å². The molecule has 0 amide bonds. The molecule has 1 rings (SSSR count). The molecule has 0 bridgehead atoms. The molecular weight excluding hydrogens is 188 g/mol. The van der Waals surface area contributed by atoms with Gasteiger partial charge in [0.1, 0.15) is 0 Å². The Kier molecular flexibility index (Phi) is 1.93. The Bertz CT molecular complexity index is 301. The molecule has 2 atom stereocenters. The minimum Gasteiger partial charge on any atom is -0.506 e. The number of rotatable bonds is 0. The first kappa shape index (κ1) is 10.1. The highest BCUT2D eigenvalue weighted by Crippen LogP contribution is 2.44. The van der Waals surface area contributed by atoms with Crippen molar-refractivity contribution in [1.82, 2.24) is 0 Å². The second kappa shape index (κ2) is 2.49. The highest BCUT2D eigenvalue weighted by atomic mass is 19.2. The first-order valence-electron chi connectivity index (χ1n) is 3.56. The topological polar surface area (TPSA) is 20.2 Å². The SMILES string of the molecule is CC1(F)C=C(F)C(F)=C(O)C1(C)F. The molecule has 0 aromatic carbocycles. The van der Waals surface area contributed by atoms with Crippen molar-refractivity contribution in [3.8, 4) is 0 Å². The second-order valence-electron chi connectivity index (χ2n) is 3.23. The Morgan fingerprint density at radius 1 is 1.23 bits per heavy atom. The van der Waals surface area contributed by atoms with Gasteiger partial charge in [0.2, 0.25) is 5.67 Å². The number of hydrogen-bond acceptors (Lipinski definition) is 1. The lowest BCUT2D eigenvalue weighted by atomic mass is 9.83. The Labute approximate surface area is 72.4 Å². The first-order chi connectivity index (χ1) is 5.70. The van der Waals surface area contributed by atoms with Crippen molar-refractivity contribution in [2.24, 2.45) is 0 Å². The quantitative estimate of drug-likeness (QED) is 0.590. The van der Waals surface area contributed by atoms with Crippen molar-refractivity contribution in [3.05, 3.63) is 23.5 Å². The summed E-state index contributed by atoms with van der Waals surface area (Å²) >= 11 is 0. The van der Waals surface area contributed by atoms with Crippen molar-refractivity contribution in [2.75, 3.05) is 0 Å². The van der Waals surface area contributed by atoms with Gasteiger partial charge in [0.05, 0.1) is 0 Å². The maximum absolute atomic E-state index is 13.3. The van der Waals surface area contributed by atoms with Gasteiger partial charge in [-0.25, -0.2) is 13.2 Å². The highest BCUT2D eigenvalue weighted by molar-refractivity contribution is 5.38. The van der Waals surface area contributed by atoms with E-state index in [1.807, 2.05) is 0 Å². The molecule has 2 unspecified atom stereocenters. The average molecular weight is 196 g/mol. The van der Waals surface area contributed by atoms with Gasteiger partial charge in [0.15, 0.2) is 23.1 Å². The van der Waals surface area contributed by atoms with Crippen LogP contribution in [0, 0.1) is 0 Å². The van der Waals surface area contributed by atoms with Crippen molar-refractivity contribution in [1.29, 1.82) is 0 Å². The molecule has 0 radical (unpaired) electrons. The van der Waals surface area contributed by atoms with Gasteiger partial charge < -0.3 is 5.11 Å². The zero-order chi connectivity index (χ0) is 10.4. The van der Waals surface area contributed by atoms with Gasteiger partial charge in [0.25, 0.3) is 0 Å². The Balaban J connectivity index is 3.32. The summed E-state index contributed by atoms with van der Waals surface area (Å²) in [5, 5.41) is 8.82. The molecule has 13 heavy (non-hydrogen) atoms. The predicted octanol–water partition coefficient (Wildman–Crippen LogP) is 3.05. The molecule has 0 fully saturated rings. The molecule has 0 aromatic rings. The summed E-state index contributed by atoms with van der Waals surface area (Å²) in [5.41, 5.74) is -5.69. The van der Waals surface area contributed by atoms with E-state index in [0.717, 1.165) is 6.92 Å². The number of halogens is 4. The maximum Gasteiger partial charge on any atom is 0.204 e. The van der Waals surface area contributed by atoms with Gasteiger partial charge in [-0.2, -0.15) is 4.39 Å². The molecule has 1 aliphatic carbocycles. The number of alkyl halides is 2. The lowest BCUT2D eigenvalue weighted by Crippen LogP contribution is -2.45. The fourth-order valence-corrected chi connectivity index (χ4v) is 0.988. The standard InChI is InChI=1S/C8H8F4O/c1-7(11)3-4(9)5(10)6(13)8(7,2)12/h3,13H,1-2H3. The van der Waals surface area contributed by atoms with Crippen LogP contribution in [0.2, 0.25) is 0 Å². The van der Waals surface area contributed by atoms with E-state index in [1.165, 1.54) is 0 Å². The number of allylic oxidation sites excluding steroid dienone is 4. The second-order valence-corrected chi connectivity index (χ2v) is 3.23. The Hall–Kier alpha value is -1.00. The fourth-order valence-electron chi connectivity index (χ4n) is 0.988. The molecule has 0 spiro atoms. The van der Waals surface area contributed by atoms with Crippen molar-refractivity contribution in [3.63, 3.8) is 0 Å². The van der Waals surface area contributed by atoms with E-state index in [1.54, 1.807) is 0 Å². The molecule has 0 saturated heterocycles. The van der Waals surface area contributed by atoms with Crippen LogP contribution in [0.3, 0.4) is 0 Å².